The normalized spacial score (nSPS) is 15.7. The Kier molecular flexibility index (Phi) is 6.57. The number of halogens is 1. The molecule has 0 spiro atoms. The average molecular weight is 480 g/mol. The SMILES string of the molecule is COC(=O)C1CC=C(c2nn(C(=O)c3c(C)cccc3Cl)c3cc(C(=O)N(C)C)ccc23)CC1. The van der Waals surface area contributed by atoms with Crippen molar-refractivity contribution in [1.82, 2.24) is 14.7 Å². The van der Waals surface area contributed by atoms with Gasteiger partial charge in [0.15, 0.2) is 0 Å². The zero-order valence-corrected chi connectivity index (χ0v) is 20.3. The predicted octanol–water partition coefficient (Wildman–Crippen LogP) is 4.74. The Morgan fingerprint density at radius 2 is 1.94 bits per heavy atom. The number of aromatic nitrogens is 2. The summed E-state index contributed by atoms with van der Waals surface area (Å²) in [5.74, 6) is -0.936. The van der Waals surface area contributed by atoms with Gasteiger partial charge in [0, 0.05) is 25.0 Å². The highest BCUT2D eigenvalue weighted by atomic mass is 35.5. The summed E-state index contributed by atoms with van der Waals surface area (Å²) < 4.78 is 6.21. The number of nitrogens with zero attached hydrogens (tertiary/aromatic N) is 3. The van der Waals surface area contributed by atoms with Crippen LogP contribution in [0.4, 0.5) is 0 Å². The number of carbonyl (C=O) groups is 3. The second kappa shape index (κ2) is 9.43. The largest absolute Gasteiger partial charge is 0.469 e. The highest BCUT2D eigenvalue weighted by Crippen LogP contribution is 2.35. The Labute approximate surface area is 202 Å². The number of ether oxygens (including phenoxy) is 1. The molecule has 0 radical (unpaired) electrons. The number of allylic oxidation sites excluding steroid dienone is 2. The van der Waals surface area contributed by atoms with Crippen molar-refractivity contribution in [2.45, 2.75) is 26.2 Å². The Morgan fingerprint density at radius 1 is 1.18 bits per heavy atom. The van der Waals surface area contributed by atoms with Crippen molar-refractivity contribution in [2.24, 2.45) is 5.92 Å². The molecule has 4 rings (SSSR count). The van der Waals surface area contributed by atoms with Crippen LogP contribution in [0.5, 0.6) is 0 Å². The molecule has 34 heavy (non-hydrogen) atoms. The van der Waals surface area contributed by atoms with Crippen LogP contribution >= 0.6 is 11.6 Å². The fourth-order valence-corrected chi connectivity index (χ4v) is 4.64. The van der Waals surface area contributed by atoms with Gasteiger partial charge in [0.1, 0.15) is 0 Å². The third-order valence-electron chi connectivity index (χ3n) is 6.21. The van der Waals surface area contributed by atoms with Gasteiger partial charge < -0.3 is 9.64 Å². The van der Waals surface area contributed by atoms with Gasteiger partial charge in [0.25, 0.3) is 11.8 Å². The molecular formula is C26H26ClN3O4. The summed E-state index contributed by atoms with van der Waals surface area (Å²) in [5, 5.41) is 5.81. The van der Waals surface area contributed by atoms with E-state index in [4.69, 9.17) is 21.4 Å². The van der Waals surface area contributed by atoms with E-state index in [0.717, 1.165) is 16.5 Å². The van der Waals surface area contributed by atoms with E-state index in [2.05, 4.69) is 0 Å². The molecule has 1 unspecified atom stereocenters. The van der Waals surface area contributed by atoms with Gasteiger partial charge in [0.05, 0.1) is 34.8 Å². The molecule has 1 aliphatic rings. The number of esters is 1. The second-order valence-corrected chi connectivity index (χ2v) is 9.06. The van der Waals surface area contributed by atoms with Gasteiger partial charge in [-0.3, -0.25) is 14.4 Å². The molecule has 0 bridgehead atoms. The predicted molar refractivity (Wildman–Crippen MR) is 131 cm³/mol. The molecule has 0 aliphatic heterocycles. The van der Waals surface area contributed by atoms with Crippen molar-refractivity contribution in [3.63, 3.8) is 0 Å². The summed E-state index contributed by atoms with van der Waals surface area (Å²) >= 11 is 6.39. The Balaban J connectivity index is 1.87. The maximum absolute atomic E-state index is 13.6. The molecule has 0 saturated carbocycles. The van der Waals surface area contributed by atoms with Gasteiger partial charge >= 0.3 is 5.97 Å². The van der Waals surface area contributed by atoms with E-state index >= 15 is 0 Å². The summed E-state index contributed by atoms with van der Waals surface area (Å²) in [7, 11) is 4.75. The highest BCUT2D eigenvalue weighted by molar-refractivity contribution is 6.34. The molecule has 1 atom stereocenters. The maximum Gasteiger partial charge on any atom is 0.308 e. The monoisotopic (exact) mass is 479 g/mol. The van der Waals surface area contributed by atoms with Gasteiger partial charge in [-0.05, 0) is 61.6 Å². The van der Waals surface area contributed by atoms with Crippen LogP contribution in [-0.2, 0) is 9.53 Å². The highest BCUT2D eigenvalue weighted by Gasteiger charge is 2.27. The van der Waals surface area contributed by atoms with Crippen LogP contribution in [0.15, 0.2) is 42.5 Å². The topological polar surface area (TPSA) is 81.5 Å². The standard InChI is InChI=1S/C26H26ClN3O4/c1-15-6-5-7-20(27)22(15)25(32)30-21-14-18(24(31)29(2)3)12-13-19(21)23(28-30)16-8-10-17(11-9-16)26(33)34-4/h5-8,12-14,17H,9-11H2,1-4H3. The molecule has 1 heterocycles. The molecular weight excluding hydrogens is 454 g/mol. The molecule has 1 aromatic heterocycles. The van der Waals surface area contributed by atoms with Crippen LogP contribution in [-0.4, -0.2) is 53.7 Å². The molecule has 8 heteroatoms. The van der Waals surface area contributed by atoms with Crippen LogP contribution in [0, 0.1) is 12.8 Å². The first-order valence-corrected chi connectivity index (χ1v) is 11.4. The number of hydrogen-bond acceptors (Lipinski definition) is 5. The van der Waals surface area contributed by atoms with Gasteiger partial charge in [-0.1, -0.05) is 29.8 Å². The molecule has 0 saturated heterocycles. The van der Waals surface area contributed by atoms with Crippen molar-refractivity contribution in [2.75, 3.05) is 21.2 Å². The number of methoxy groups -OCH3 is 1. The Hall–Kier alpha value is -3.45. The minimum absolute atomic E-state index is 0.171. The minimum atomic E-state index is -0.363. The first-order valence-electron chi connectivity index (χ1n) is 11.0. The smallest absolute Gasteiger partial charge is 0.308 e. The van der Waals surface area contributed by atoms with Crippen molar-refractivity contribution >= 4 is 45.9 Å². The van der Waals surface area contributed by atoms with Crippen molar-refractivity contribution in [3.05, 3.63) is 69.9 Å². The second-order valence-electron chi connectivity index (χ2n) is 8.65. The molecule has 1 aliphatic carbocycles. The molecule has 0 fully saturated rings. The van der Waals surface area contributed by atoms with Crippen LogP contribution < -0.4 is 0 Å². The molecule has 1 amide bonds. The quantitative estimate of drug-likeness (QED) is 0.504. The van der Waals surface area contributed by atoms with Crippen LogP contribution in [0.1, 0.15) is 51.2 Å². The lowest BCUT2D eigenvalue weighted by atomic mass is 9.87. The van der Waals surface area contributed by atoms with E-state index in [1.54, 1.807) is 38.4 Å². The lowest BCUT2D eigenvalue weighted by Gasteiger charge is -2.19. The van der Waals surface area contributed by atoms with E-state index in [-0.39, 0.29) is 23.7 Å². The molecule has 176 valence electrons. The lowest BCUT2D eigenvalue weighted by molar-refractivity contribution is -0.145. The van der Waals surface area contributed by atoms with Crippen molar-refractivity contribution in [1.29, 1.82) is 0 Å². The zero-order chi connectivity index (χ0) is 24.6. The molecule has 0 N–H and O–H groups in total. The van der Waals surface area contributed by atoms with E-state index in [1.807, 2.05) is 25.1 Å². The number of benzene rings is 2. The van der Waals surface area contributed by atoms with Crippen LogP contribution in [0.3, 0.4) is 0 Å². The van der Waals surface area contributed by atoms with Crippen LogP contribution in [0.2, 0.25) is 5.02 Å². The maximum atomic E-state index is 13.6. The van der Waals surface area contributed by atoms with E-state index in [0.29, 0.717) is 46.6 Å². The first-order chi connectivity index (χ1) is 16.2. The van der Waals surface area contributed by atoms with Gasteiger partial charge in [-0.2, -0.15) is 9.78 Å². The van der Waals surface area contributed by atoms with Gasteiger partial charge in [0.2, 0.25) is 0 Å². The average Bonchev–Trinajstić information content (AvgIpc) is 3.21. The molecule has 2 aromatic carbocycles. The van der Waals surface area contributed by atoms with E-state index in [9.17, 15) is 14.4 Å². The fourth-order valence-electron chi connectivity index (χ4n) is 4.34. The van der Waals surface area contributed by atoms with Gasteiger partial charge in [-0.15, -0.1) is 0 Å². The Bertz CT molecular complexity index is 1320. The minimum Gasteiger partial charge on any atom is -0.469 e. The summed E-state index contributed by atoms with van der Waals surface area (Å²) in [5.41, 5.74) is 3.72. The first kappa shape index (κ1) is 23.7. The number of carbonyl (C=O) groups excluding carboxylic acids is 3. The number of rotatable bonds is 4. The Morgan fingerprint density at radius 3 is 2.56 bits per heavy atom. The van der Waals surface area contributed by atoms with Crippen LogP contribution in [0.25, 0.3) is 16.5 Å². The fraction of sp³-hybridized carbons (Fsp3) is 0.308. The third-order valence-corrected chi connectivity index (χ3v) is 6.53. The molecule has 7 nitrogen and oxygen atoms in total. The van der Waals surface area contributed by atoms with Gasteiger partial charge in [-0.25, -0.2) is 0 Å². The number of hydrogen-bond donors (Lipinski definition) is 0. The van der Waals surface area contributed by atoms with Crippen molar-refractivity contribution in [3.8, 4) is 0 Å². The number of amides is 1. The summed E-state index contributed by atoms with van der Waals surface area (Å²) in [6.45, 7) is 1.82. The lowest BCUT2D eigenvalue weighted by Crippen LogP contribution is -2.21. The number of fused-ring (bicyclic) bond motifs is 1. The third kappa shape index (κ3) is 4.23. The van der Waals surface area contributed by atoms with E-state index in [1.165, 1.54) is 16.7 Å². The van der Waals surface area contributed by atoms with Crippen molar-refractivity contribution < 1.29 is 19.1 Å². The molecule has 3 aromatic rings. The zero-order valence-electron chi connectivity index (χ0n) is 19.6. The number of aryl methyl sites for hydroxylation is 1. The summed E-state index contributed by atoms with van der Waals surface area (Å²) in [6, 6.07) is 10.5. The van der Waals surface area contributed by atoms with E-state index < -0.39 is 0 Å². The summed E-state index contributed by atoms with van der Waals surface area (Å²) in [4.78, 5) is 39.7. The summed E-state index contributed by atoms with van der Waals surface area (Å²) in [6.07, 6.45) is 3.80.